The molecule has 31 heavy (non-hydrogen) atoms. The molecular weight excluding hydrogens is 410 g/mol. The van der Waals surface area contributed by atoms with Gasteiger partial charge in [-0.25, -0.2) is 8.42 Å². The number of benzene rings is 2. The van der Waals surface area contributed by atoms with Gasteiger partial charge in [-0.2, -0.15) is 0 Å². The van der Waals surface area contributed by atoms with Crippen molar-refractivity contribution < 1.29 is 17.9 Å². The van der Waals surface area contributed by atoms with Crippen LogP contribution in [0.2, 0.25) is 0 Å². The van der Waals surface area contributed by atoms with E-state index in [0.717, 1.165) is 29.7 Å². The van der Waals surface area contributed by atoms with Crippen LogP contribution in [0.25, 0.3) is 0 Å². The molecule has 2 aromatic rings. The summed E-state index contributed by atoms with van der Waals surface area (Å²) in [6.45, 7) is 5.27. The summed E-state index contributed by atoms with van der Waals surface area (Å²) in [6, 6.07) is 14.9. The third-order valence-electron chi connectivity index (χ3n) is 5.75. The molecule has 0 aliphatic carbocycles. The lowest BCUT2D eigenvalue weighted by Crippen LogP contribution is -2.40. The molecule has 5 nitrogen and oxygen atoms in total. The van der Waals surface area contributed by atoms with Gasteiger partial charge in [-0.05, 0) is 49.6 Å². The Labute approximate surface area is 186 Å². The van der Waals surface area contributed by atoms with Crippen molar-refractivity contribution in [2.45, 2.75) is 58.5 Å². The van der Waals surface area contributed by atoms with Crippen molar-refractivity contribution in [3.8, 4) is 5.75 Å². The van der Waals surface area contributed by atoms with Gasteiger partial charge >= 0.3 is 0 Å². The number of aryl methyl sites for hydroxylation is 1. The molecule has 1 fully saturated rings. The van der Waals surface area contributed by atoms with Crippen molar-refractivity contribution in [3.05, 3.63) is 65.2 Å². The Hall–Kier alpha value is -2.34. The van der Waals surface area contributed by atoms with E-state index >= 15 is 0 Å². The quantitative estimate of drug-likeness (QED) is 0.496. The number of nitrogens with zero attached hydrogens (tertiary/aromatic N) is 1. The minimum Gasteiger partial charge on any atom is -0.494 e. The predicted octanol–water partition coefficient (Wildman–Crippen LogP) is 4.78. The van der Waals surface area contributed by atoms with Gasteiger partial charge in [0.15, 0.2) is 9.84 Å². The maximum atomic E-state index is 13.3. The first-order valence-electron chi connectivity index (χ1n) is 11.2. The largest absolute Gasteiger partial charge is 0.494 e. The van der Waals surface area contributed by atoms with Crippen LogP contribution in [-0.4, -0.2) is 43.4 Å². The normalized spacial score (nSPS) is 17.4. The summed E-state index contributed by atoms with van der Waals surface area (Å²) in [6.07, 6.45) is 5.07. The van der Waals surface area contributed by atoms with Crippen LogP contribution in [0.5, 0.6) is 5.75 Å². The molecule has 1 saturated heterocycles. The summed E-state index contributed by atoms with van der Waals surface area (Å²) in [7, 11) is -3.09. The maximum Gasteiger partial charge on any atom is 0.254 e. The van der Waals surface area contributed by atoms with Crippen LogP contribution in [0.3, 0.4) is 0 Å². The summed E-state index contributed by atoms with van der Waals surface area (Å²) >= 11 is 0. The second-order valence-corrected chi connectivity index (χ2v) is 10.6. The zero-order valence-corrected chi connectivity index (χ0v) is 19.4. The molecule has 0 bridgehead atoms. The van der Waals surface area contributed by atoms with Gasteiger partial charge in [0.25, 0.3) is 5.91 Å². The second-order valence-electron chi connectivity index (χ2n) is 8.41. The molecule has 1 amide bonds. The fourth-order valence-electron chi connectivity index (χ4n) is 3.86. The molecule has 1 heterocycles. The van der Waals surface area contributed by atoms with E-state index in [0.29, 0.717) is 25.1 Å². The topological polar surface area (TPSA) is 63.7 Å². The Kier molecular flexibility index (Phi) is 8.13. The number of carbonyl (C=O) groups is 1. The Bertz CT molecular complexity index is 952. The van der Waals surface area contributed by atoms with Gasteiger partial charge in [-0.3, -0.25) is 4.79 Å². The highest BCUT2D eigenvalue weighted by atomic mass is 32.2. The number of hydrogen-bond acceptors (Lipinski definition) is 4. The fraction of sp³-hybridized carbons (Fsp3) is 0.480. The minimum atomic E-state index is -3.09. The van der Waals surface area contributed by atoms with Gasteiger partial charge in [-0.1, -0.05) is 56.0 Å². The molecular formula is C25H33NO4S. The first-order chi connectivity index (χ1) is 14.9. The first-order valence-corrected chi connectivity index (χ1v) is 13.0. The van der Waals surface area contributed by atoms with Crippen molar-refractivity contribution in [2.75, 3.05) is 18.1 Å². The van der Waals surface area contributed by atoms with Crippen molar-refractivity contribution in [2.24, 2.45) is 0 Å². The molecule has 3 rings (SSSR count). The van der Waals surface area contributed by atoms with E-state index in [1.165, 1.54) is 12.8 Å². The highest BCUT2D eigenvalue weighted by Crippen LogP contribution is 2.23. The summed E-state index contributed by atoms with van der Waals surface area (Å²) in [5.41, 5.74) is 2.69. The highest BCUT2D eigenvalue weighted by Gasteiger charge is 2.35. The van der Waals surface area contributed by atoms with Crippen molar-refractivity contribution in [3.63, 3.8) is 0 Å². The van der Waals surface area contributed by atoms with Crippen LogP contribution in [0.4, 0.5) is 0 Å². The lowest BCUT2D eigenvalue weighted by Gasteiger charge is -2.28. The standard InChI is InChI=1S/C25H33NO4S/c1-3-4-5-6-16-30-24-13-11-22(12-14-24)25(27)26(23-15-17-31(28,29)19-23)18-21-9-7-20(2)8-10-21/h7-14,23H,3-6,15-19H2,1-2H3. The van der Waals surface area contributed by atoms with E-state index in [2.05, 4.69) is 6.92 Å². The Morgan fingerprint density at radius 1 is 1.03 bits per heavy atom. The first kappa shape index (κ1) is 23.3. The SMILES string of the molecule is CCCCCCOc1ccc(C(=O)N(Cc2ccc(C)cc2)C2CCS(=O)(=O)C2)cc1. The Balaban J connectivity index is 1.70. The van der Waals surface area contributed by atoms with Gasteiger partial charge in [0.2, 0.25) is 0 Å². The molecule has 0 spiro atoms. The Morgan fingerprint density at radius 2 is 1.74 bits per heavy atom. The van der Waals surface area contributed by atoms with Crippen molar-refractivity contribution >= 4 is 15.7 Å². The molecule has 168 valence electrons. The van der Waals surface area contributed by atoms with Crippen LogP contribution in [0, 0.1) is 6.92 Å². The number of carbonyl (C=O) groups excluding carboxylic acids is 1. The van der Waals surface area contributed by atoms with E-state index < -0.39 is 9.84 Å². The van der Waals surface area contributed by atoms with Crippen molar-refractivity contribution in [1.29, 1.82) is 0 Å². The summed E-state index contributed by atoms with van der Waals surface area (Å²) in [5.74, 6) is 0.780. The van der Waals surface area contributed by atoms with E-state index in [1.807, 2.05) is 43.3 Å². The maximum absolute atomic E-state index is 13.3. The average Bonchev–Trinajstić information content (AvgIpc) is 3.12. The molecule has 1 atom stereocenters. The number of ether oxygens (including phenoxy) is 1. The molecule has 2 aromatic carbocycles. The molecule has 1 unspecified atom stereocenters. The lowest BCUT2D eigenvalue weighted by molar-refractivity contribution is 0.0681. The molecule has 0 saturated carbocycles. The molecule has 0 aromatic heterocycles. The van der Waals surface area contributed by atoms with Crippen LogP contribution in [0.1, 0.15) is 60.5 Å². The minimum absolute atomic E-state index is 0.0313. The molecule has 6 heteroatoms. The molecule has 0 radical (unpaired) electrons. The van der Waals surface area contributed by atoms with Gasteiger partial charge in [0.1, 0.15) is 5.75 Å². The van der Waals surface area contributed by atoms with Crippen molar-refractivity contribution in [1.82, 2.24) is 4.90 Å². The number of hydrogen-bond donors (Lipinski definition) is 0. The van der Waals surface area contributed by atoms with Crippen LogP contribution < -0.4 is 4.74 Å². The van der Waals surface area contributed by atoms with E-state index in [1.54, 1.807) is 17.0 Å². The van der Waals surface area contributed by atoms with Crippen LogP contribution in [-0.2, 0) is 16.4 Å². The number of amides is 1. The fourth-order valence-corrected chi connectivity index (χ4v) is 5.59. The molecule has 1 aliphatic rings. The second kappa shape index (κ2) is 10.8. The number of unbranched alkanes of at least 4 members (excludes halogenated alkanes) is 3. The Morgan fingerprint density at radius 3 is 2.35 bits per heavy atom. The summed E-state index contributed by atoms with van der Waals surface area (Å²) in [4.78, 5) is 15.1. The zero-order valence-electron chi connectivity index (χ0n) is 18.5. The summed E-state index contributed by atoms with van der Waals surface area (Å²) < 4.78 is 29.9. The van der Waals surface area contributed by atoms with Gasteiger partial charge in [0.05, 0.1) is 18.1 Å². The number of rotatable bonds is 10. The van der Waals surface area contributed by atoms with Gasteiger partial charge in [-0.15, -0.1) is 0 Å². The van der Waals surface area contributed by atoms with E-state index in [-0.39, 0.29) is 23.5 Å². The summed E-state index contributed by atoms with van der Waals surface area (Å²) in [5, 5.41) is 0. The zero-order chi connectivity index (χ0) is 22.3. The van der Waals surface area contributed by atoms with E-state index in [4.69, 9.17) is 4.74 Å². The third-order valence-corrected chi connectivity index (χ3v) is 7.50. The van der Waals surface area contributed by atoms with Crippen LogP contribution >= 0.6 is 0 Å². The lowest BCUT2D eigenvalue weighted by atomic mass is 10.1. The van der Waals surface area contributed by atoms with Gasteiger partial charge < -0.3 is 9.64 Å². The third kappa shape index (κ3) is 6.82. The highest BCUT2D eigenvalue weighted by molar-refractivity contribution is 7.91. The predicted molar refractivity (Wildman–Crippen MR) is 124 cm³/mol. The monoisotopic (exact) mass is 443 g/mol. The molecule has 1 aliphatic heterocycles. The van der Waals surface area contributed by atoms with E-state index in [9.17, 15) is 13.2 Å². The average molecular weight is 444 g/mol. The number of sulfone groups is 1. The smallest absolute Gasteiger partial charge is 0.254 e. The van der Waals surface area contributed by atoms with Gasteiger partial charge in [0, 0.05) is 18.2 Å². The molecule has 0 N–H and O–H groups in total. The van der Waals surface area contributed by atoms with Crippen LogP contribution in [0.15, 0.2) is 48.5 Å².